The van der Waals surface area contributed by atoms with Crippen molar-refractivity contribution < 1.29 is 9.18 Å². The molecule has 0 N–H and O–H groups in total. The van der Waals surface area contributed by atoms with Crippen molar-refractivity contribution in [1.29, 1.82) is 0 Å². The summed E-state index contributed by atoms with van der Waals surface area (Å²) in [5.41, 5.74) is 0.492. The van der Waals surface area contributed by atoms with Gasteiger partial charge in [-0.2, -0.15) is 0 Å². The molecular formula is C13H17FO. The molecule has 1 aromatic carbocycles. The molecule has 0 saturated heterocycles. The Bertz CT molecular complexity index is 320. The Morgan fingerprint density at radius 2 is 2.07 bits per heavy atom. The van der Waals surface area contributed by atoms with Gasteiger partial charge in [-0.15, -0.1) is 0 Å². The van der Waals surface area contributed by atoms with Crippen LogP contribution < -0.4 is 0 Å². The van der Waals surface area contributed by atoms with Crippen LogP contribution in [-0.4, -0.2) is 5.78 Å². The van der Waals surface area contributed by atoms with E-state index in [1.807, 2.05) is 0 Å². The van der Waals surface area contributed by atoms with Crippen LogP contribution in [-0.2, 0) is 0 Å². The molecule has 82 valence electrons. The van der Waals surface area contributed by atoms with Crippen LogP contribution in [0.4, 0.5) is 4.39 Å². The zero-order valence-electron chi connectivity index (χ0n) is 9.13. The van der Waals surface area contributed by atoms with E-state index in [1.165, 1.54) is 12.1 Å². The number of halogens is 1. The summed E-state index contributed by atoms with van der Waals surface area (Å²) in [6.45, 7) is 2.13. The molecular weight excluding hydrogens is 191 g/mol. The molecule has 0 spiro atoms. The Balaban J connectivity index is 2.40. The number of benzene rings is 1. The number of unbranched alkanes of at least 4 members (excludes halogenated alkanes) is 3. The first-order chi connectivity index (χ1) is 7.24. The average Bonchev–Trinajstić information content (AvgIpc) is 2.24. The van der Waals surface area contributed by atoms with Crippen LogP contribution in [0.15, 0.2) is 24.3 Å². The first-order valence-electron chi connectivity index (χ1n) is 5.53. The molecule has 0 aromatic heterocycles. The molecule has 2 heteroatoms. The van der Waals surface area contributed by atoms with E-state index < -0.39 is 0 Å². The lowest BCUT2D eigenvalue weighted by Crippen LogP contribution is -1.99. The molecule has 0 bridgehead atoms. The highest BCUT2D eigenvalue weighted by Crippen LogP contribution is 2.10. The lowest BCUT2D eigenvalue weighted by atomic mass is 10.0. The van der Waals surface area contributed by atoms with E-state index >= 15 is 0 Å². The van der Waals surface area contributed by atoms with Crippen LogP contribution in [0.1, 0.15) is 49.4 Å². The largest absolute Gasteiger partial charge is 0.294 e. The van der Waals surface area contributed by atoms with Gasteiger partial charge in [0.15, 0.2) is 5.78 Å². The number of ketones is 1. The zero-order valence-corrected chi connectivity index (χ0v) is 9.13. The van der Waals surface area contributed by atoms with Gasteiger partial charge in [0.05, 0.1) is 0 Å². The molecule has 1 rings (SSSR count). The van der Waals surface area contributed by atoms with Crippen molar-refractivity contribution in [3.8, 4) is 0 Å². The van der Waals surface area contributed by atoms with Crippen LogP contribution in [0.5, 0.6) is 0 Å². The molecule has 0 aliphatic carbocycles. The van der Waals surface area contributed by atoms with Crippen LogP contribution in [0.2, 0.25) is 0 Å². The fourth-order valence-electron chi connectivity index (χ4n) is 1.52. The van der Waals surface area contributed by atoms with E-state index in [2.05, 4.69) is 6.92 Å². The van der Waals surface area contributed by atoms with Crippen molar-refractivity contribution in [2.75, 3.05) is 0 Å². The highest BCUT2D eigenvalue weighted by molar-refractivity contribution is 5.95. The summed E-state index contributed by atoms with van der Waals surface area (Å²) in [5, 5.41) is 0. The fourth-order valence-corrected chi connectivity index (χ4v) is 1.52. The second kappa shape index (κ2) is 6.33. The van der Waals surface area contributed by atoms with Crippen LogP contribution in [0.3, 0.4) is 0 Å². The van der Waals surface area contributed by atoms with Gasteiger partial charge in [-0.25, -0.2) is 4.39 Å². The van der Waals surface area contributed by atoms with Crippen LogP contribution in [0.25, 0.3) is 0 Å². The van der Waals surface area contributed by atoms with Crippen molar-refractivity contribution in [2.24, 2.45) is 0 Å². The Labute approximate surface area is 90.3 Å². The molecule has 1 aromatic rings. The minimum Gasteiger partial charge on any atom is -0.294 e. The van der Waals surface area contributed by atoms with Gasteiger partial charge >= 0.3 is 0 Å². The smallest absolute Gasteiger partial charge is 0.162 e. The molecule has 0 aliphatic heterocycles. The van der Waals surface area contributed by atoms with Crippen LogP contribution >= 0.6 is 0 Å². The van der Waals surface area contributed by atoms with Gasteiger partial charge in [0.1, 0.15) is 5.82 Å². The summed E-state index contributed by atoms with van der Waals surface area (Å²) in [5.74, 6) is -0.292. The van der Waals surface area contributed by atoms with Crippen molar-refractivity contribution in [1.82, 2.24) is 0 Å². The fraction of sp³-hybridized carbons (Fsp3) is 0.462. The quantitative estimate of drug-likeness (QED) is 0.510. The number of carbonyl (C=O) groups is 1. The lowest BCUT2D eigenvalue weighted by molar-refractivity contribution is 0.0978. The topological polar surface area (TPSA) is 17.1 Å². The maximum atomic E-state index is 12.8. The molecule has 0 atom stereocenters. The molecule has 0 saturated carbocycles. The van der Waals surface area contributed by atoms with E-state index in [-0.39, 0.29) is 11.6 Å². The van der Waals surface area contributed by atoms with E-state index in [9.17, 15) is 9.18 Å². The zero-order chi connectivity index (χ0) is 11.1. The molecule has 0 amide bonds. The Morgan fingerprint density at radius 3 is 2.73 bits per heavy atom. The third-order valence-electron chi connectivity index (χ3n) is 2.40. The Kier molecular flexibility index (Phi) is 5.02. The summed E-state index contributed by atoms with van der Waals surface area (Å²) in [6, 6.07) is 5.91. The number of hydrogen-bond acceptors (Lipinski definition) is 1. The summed E-state index contributed by atoms with van der Waals surface area (Å²) in [6.07, 6.45) is 4.84. The summed E-state index contributed by atoms with van der Waals surface area (Å²) in [7, 11) is 0. The summed E-state index contributed by atoms with van der Waals surface area (Å²) >= 11 is 0. The van der Waals surface area contributed by atoms with Gasteiger partial charge in [-0.3, -0.25) is 4.79 Å². The minimum absolute atomic E-state index is 0.0469. The lowest BCUT2D eigenvalue weighted by Gasteiger charge is -2.00. The predicted octanol–water partition coefficient (Wildman–Crippen LogP) is 3.98. The number of carbonyl (C=O) groups excluding carboxylic acids is 1. The van der Waals surface area contributed by atoms with Gasteiger partial charge in [0, 0.05) is 12.0 Å². The highest BCUT2D eigenvalue weighted by Gasteiger charge is 2.05. The molecule has 0 unspecified atom stereocenters. The van der Waals surface area contributed by atoms with Crippen molar-refractivity contribution in [3.63, 3.8) is 0 Å². The molecule has 15 heavy (non-hydrogen) atoms. The number of Topliss-reactive ketones (excluding diaryl/α,β-unsaturated/α-hetero) is 1. The van der Waals surface area contributed by atoms with E-state index in [0.717, 1.165) is 25.7 Å². The first-order valence-corrected chi connectivity index (χ1v) is 5.53. The third kappa shape index (κ3) is 4.24. The van der Waals surface area contributed by atoms with Gasteiger partial charge in [0.25, 0.3) is 0 Å². The summed E-state index contributed by atoms with van der Waals surface area (Å²) < 4.78 is 12.8. The highest BCUT2D eigenvalue weighted by atomic mass is 19.1. The SMILES string of the molecule is CCCCCCC(=O)c1cccc(F)c1. The predicted molar refractivity (Wildman–Crippen MR) is 59.5 cm³/mol. The first kappa shape index (κ1) is 11.9. The molecule has 0 aliphatic rings. The molecule has 0 radical (unpaired) electrons. The average molecular weight is 208 g/mol. The third-order valence-corrected chi connectivity index (χ3v) is 2.40. The second-order valence-corrected chi connectivity index (χ2v) is 3.74. The minimum atomic E-state index is -0.339. The van der Waals surface area contributed by atoms with Gasteiger partial charge in [-0.05, 0) is 18.6 Å². The van der Waals surface area contributed by atoms with E-state index in [4.69, 9.17) is 0 Å². The standard InChI is InChI=1S/C13H17FO/c1-2-3-4-5-9-13(15)11-7-6-8-12(14)10-11/h6-8,10H,2-5,9H2,1H3. The monoisotopic (exact) mass is 208 g/mol. The Hall–Kier alpha value is -1.18. The van der Waals surface area contributed by atoms with E-state index in [1.54, 1.807) is 12.1 Å². The van der Waals surface area contributed by atoms with Gasteiger partial charge < -0.3 is 0 Å². The van der Waals surface area contributed by atoms with Crippen molar-refractivity contribution >= 4 is 5.78 Å². The van der Waals surface area contributed by atoms with Crippen molar-refractivity contribution in [2.45, 2.75) is 39.0 Å². The van der Waals surface area contributed by atoms with Gasteiger partial charge in [-0.1, -0.05) is 38.3 Å². The van der Waals surface area contributed by atoms with Crippen LogP contribution in [0, 0.1) is 5.82 Å². The summed E-state index contributed by atoms with van der Waals surface area (Å²) in [4.78, 5) is 11.6. The maximum Gasteiger partial charge on any atom is 0.162 e. The normalized spacial score (nSPS) is 10.3. The second-order valence-electron chi connectivity index (χ2n) is 3.74. The number of hydrogen-bond donors (Lipinski definition) is 0. The molecule has 1 nitrogen and oxygen atoms in total. The van der Waals surface area contributed by atoms with Gasteiger partial charge in [0.2, 0.25) is 0 Å². The maximum absolute atomic E-state index is 12.8. The van der Waals surface area contributed by atoms with Crippen molar-refractivity contribution in [3.05, 3.63) is 35.6 Å². The molecule has 0 fully saturated rings. The van der Waals surface area contributed by atoms with E-state index in [0.29, 0.717) is 12.0 Å². The Morgan fingerprint density at radius 1 is 1.27 bits per heavy atom. The number of rotatable bonds is 6. The molecule has 0 heterocycles.